The third-order valence-corrected chi connectivity index (χ3v) is 22.3. The van der Waals surface area contributed by atoms with Gasteiger partial charge in [0, 0.05) is 62.4 Å². The van der Waals surface area contributed by atoms with E-state index in [-0.39, 0.29) is 10.8 Å². The maximum atomic E-state index is 4.82. The lowest BCUT2D eigenvalue weighted by Crippen LogP contribution is -2.31. The number of imidazole rings is 2. The molecule has 0 amide bonds. The number of benzene rings is 10. The Balaban J connectivity index is 0.000000133. The van der Waals surface area contributed by atoms with Gasteiger partial charge in [-0.2, -0.15) is 8.97 Å². The Hall–Kier alpha value is -12.1. The molecule has 0 unspecified atom stereocenters. The zero-order chi connectivity index (χ0) is 81.8. The highest BCUT2D eigenvalue weighted by atomic mass is 15.1. The average molecular weight is 1510 g/mol. The predicted molar refractivity (Wildman–Crippen MR) is 474 cm³/mol. The smallest absolute Gasteiger partial charge is 0.232 e. The van der Waals surface area contributed by atoms with E-state index in [0.29, 0.717) is 0 Å². The Labute approximate surface area is 677 Å². The molecule has 6 heterocycles. The average Bonchev–Trinajstić information content (AvgIpc) is 1.47. The third-order valence-electron chi connectivity index (χ3n) is 22.3. The molecule has 10 aromatic carbocycles. The molecule has 0 spiro atoms. The van der Waals surface area contributed by atoms with Crippen LogP contribution in [0, 0.1) is 90.0 Å². The summed E-state index contributed by atoms with van der Waals surface area (Å²) in [5, 5.41) is 3.98. The number of fused-ring (bicyclic) bond motifs is 6. The first-order valence-corrected chi connectivity index (χ1v) is 39.8. The summed E-state index contributed by atoms with van der Waals surface area (Å²) >= 11 is 0. The van der Waals surface area contributed by atoms with Gasteiger partial charge >= 0.3 is 0 Å². The minimum Gasteiger partial charge on any atom is -0.232 e. The highest BCUT2D eigenvalue weighted by molar-refractivity contribution is 6.12. The van der Waals surface area contributed by atoms with Crippen LogP contribution >= 0.6 is 0 Å². The monoisotopic (exact) mass is 1500 g/mol. The normalized spacial score (nSPS) is 11.3. The standard InChI is InChI=1S/C28H37N2.C22H25N2.C20H21N2.C17H15N2.C17H17N2/c1-18-11-19(2)20(3)24(12-18)26-16-25(29-17-30(26)10)21-13-22(27(4,5)6)15-23(14-21)28(7,8)9;1-14-7-15(2)10-19(9-14)21-12-22(24(6)13-23-21)20-11-16(3)8-17(4)18(20)5;1-14-10-15(2)16(3)18(11-14)20-12-19(21-13-22(20)4)17-8-6-5-7-9-17;1-12-6-5-8-14-13-7-3-4-9-15(13)19-11-10-18(2)17(19)16(12)14;1-14-8-6-7-11-16(14)17-18(2)12-13-19(17)15-9-4-3-5-10-15/h11-17H,1-10H3;7-13H,1-6H3;5-13H,1-4H3;3-11H,1-2H3;3-13H,1-2H3/q5*+1. The summed E-state index contributed by atoms with van der Waals surface area (Å²) in [6.07, 6.45) is 14.2. The Kier molecular flexibility index (Phi) is 24.3. The highest BCUT2D eigenvalue weighted by Crippen LogP contribution is 2.37. The SMILES string of the molecule is Cc1cc(C)c(C)c(-c2cc(-c3cc(C(C)(C)C)cc(C(C)(C)C)c3)nc[n+]2C)c1.Cc1cc(C)c(C)c(-c2cc(-c3ccccc3)nc[n+]2C)c1.Cc1cc(C)cc(-c2cc(-c3cc(C)cc(C)c3C)[n+](C)cn2)c1.Cc1cccc2c3ccccc3n3cc[n+](C)c3c12.Cc1ccccc1-c1n(-c2ccccc2)cc[n+]1C. The molecule has 0 bridgehead atoms. The summed E-state index contributed by atoms with van der Waals surface area (Å²) in [4.78, 5) is 14.0. The fraction of sp³-hybridized carbons (Fsp3) is 0.250. The van der Waals surface area contributed by atoms with E-state index in [4.69, 9.17) is 4.98 Å². The first-order chi connectivity index (χ1) is 54.2. The van der Waals surface area contributed by atoms with Gasteiger partial charge in [-0.3, -0.25) is 0 Å². The van der Waals surface area contributed by atoms with Gasteiger partial charge in [-0.1, -0.05) is 203 Å². The first kappa shape index (κ1) is 81.4. The number of hydrogen-bond donors (Lipinski definition) is 0. The molecule has 0 aliphatic heterocycles. The van der Waals surface area contributed by atoms with Crippen molar-refractivity contribution in [1.82, 2.24) is 23.9 Å². The Morgan fingerprint density at radius 1 is 0.307 bits per heavy atom. The van der Waals surface area contributed by atoms with Crippen molar-refractivity contribution >= 4 is 27.3 Å². The molecule has 6 aromatic heterocycles. The maximum absolute atomic E-state index is 4.82. The van der Waals surface area contributed by atoms with Crippen LogP contribution < -0.4 is 22.8 Å². The summed E-state index contributed by atoms with van der Waals surface area (Å²) in [6.45, 7) is 41.9. The highest BCUT2D eigenvalue weighted by Gasteiger charge is 2.26. The van der Waals surface area contributed by atoms with Crippen LogP contribution in [0.5, 0.6) is 0 Å². The van der Waals surface area contributed by atoms with Crippen LogP contribution in [0.2, 0.25) is 0 Å². The number of nitrogens with zero attached hydrogens (tertiary/aromatic N) is 10. The van der Waals surface area contributed by atoms with Gasteiger partial charge in [0.2, 0.25) is 0 Å². The summed E-state index contributed by atoms with van der Waals surface area (Å²) in [5.41, 5.74) is 38.8. The van der Waals surface area contributed by atoms with E-state index in [9.17, 15) is 0 Å². The topological polar surface area (TPSA) is 67.4 Å². The van der Waals surface area contributed by atoms with E-state index in [2.05, 4.69) is 420 Å². The second-order valence-electron chi connectivity index (χ2n) is 33.5. The molecule has 0 radical (unpaired) electrons. The number of aryl methyl sites for hydroxylation is 15. The third kappa shape index (κ3) is 18.0. The van der Waals surface area contributed by atoms with Gasteiger partial charge in [-0.25, -0.2) is 22.8 Å². The Bertz CT molecular complexity index is 6170. The molecule has 10 nitrogen and oxygen atoms in total. The molecule has 0 saturated carbocycles. The summed E-state index contributed by atoms with van der Waals surface area (Å²) < 4.78 is 15.2. The van der Waals surface area contributed by atoms with E-state index >= 15 is 0 Å². The van der Waals surface area contributed by atoms with E-state index in [0.717, 1.165) is 22.6 Å². The maximum Gasteiger partial charge on any atom is 0.294 e. The molecule has 0 aliphatic rings. The molecule has 16 rings (SSSR count). The lowest BCUT2D eigenvalue weighted by Gasteiger charge is -2.25. The molecule has 0 saturated heterocycles. The Morgan fingerprint density at radius 3 is 1.19 bits per heavy atom. The lowest BCUT2D eigenvalue weighted by molar-refractivity contribution is -0.663. The van der Waals surface area contributed by atoms with E-state index < -0.39 is 0 Å². The van der Waals surface area contributed by atoms with Crippen molar-refractivity contribution in [2.24, 2.45) is 35.2 Å². The van der Waals surface area contributed by atoms with Crippen molar-refractivity contribution in [3.05, 3.63) is 346 Å². The van der Waals surface area contributed by atoms with Crippen LogP contribution in [0.3, 0.4) is 0 Å². The molecule has 0 fully saturated rings. The first-order valence-electron chi connectivity index (χ1n) is 39.8. The van der Waals surface area contributed by atoms with Crippen LogP contribution in [0.25, 0.3) is 112 Å². The van der Waals surface area contributed by atoms with Gasteiger partial charge < -0.3 is 0 Å². The van der Waals surface area contributed by atoms with Gasteiger partial charge in [-0.15, -0.1) is 0 Å². The molecule has 0 N–H and O–H groups in total. The van der Waals surface area contributed by atoms with Crippen molar-refractivity contribution in [1.29, 1.82) is 0 Å². The number of aromatic nitrogens is 10. The minimum absolute atomic E-state index is 0.0858. The number of rotatable bonds is 8. The van der Waals surface area contributed by atoms with Crippen molar-refractivity contribution < 1.29 is 22.8 Å². The molecule has 114 heavy (non-hydrogen) atoms. The number of para-hydroxylation sites is 2. The molecule has 576 valence electrons. The van der Waals surface area contributed by atoms with Crippen molar-refractivity contribution in [2.75, 3.05) is 0 Å². The molecule has 10 heteroatoms. The Morgan fingerprint density at radius 2 is 0.711 bits per heavy atom. The fourth-order valence-corrected chi connectivity index (χ4v) is 15.5. The summed E-state index contributed by atoms with van der Waals surface area (Å²) in [5.74, 6) is 1.20. The molecule has 16 aromatic rings. The van der Waals surface area contributed by atoms with Crippen molar-refractivity contribution in [3.8, 4) is 84.6 Å². The van der Waals surface area contributed by atoms with E-state index in [1.54, 1.807) is 0 Å². The van der Waals surface area contributed by atoms with Crippen LogP contribution in [-0.2, 0) is 46.1 Å². The quantitative estimate of drug-likeness (QED) is 0.112. The summed E-state index contributed by atoms with van der Waals surface area (Å²) in [6, 6.07) is 78.1. The second kappa shape index (κ2) is 34.1. The second-order valence-corrected chi connectivity index (χ2v) is 33.5. The largest absolute Gasteiger partial charge is 0.294 e. The molecular formula is C104H115N10+5. The van der Waals surface area contributed by atoms with Crippen LogP contribution in [0.4, 0.5) is 0 Å². The van der Waals surface area contributed by atoms with Gasteiger partial charge in [-0.05, 0) is 238 Å². The van der Waals surface area contributed by atoms with E-state index in [1.165, 1.54) is 173 Å². The minimum atomic E-state index is 0.0858. The summed E-state index contributed by atoms with van der Waals surface area (Å²) in [7, 11) is 10.4. The molecular weight excluding hydrogens is 1390 g/mol. The van der Waals surface area contributed by atoms with Crippen molar-refractivity contribution in [2.45, 2.75) is 142 Å². The fourth-order valence-electron chi connectivity index (χ4n) is 15.5. The lowest BCUT2D eigenvalue weighted by atomic mass is 9.79. The predicted octanol–water partition coefficient (Wildman–Crippen LogP) is 22.4. The zero-order valence-corrected chi connectivity index (χ0v) is 71.8. The van der Waals surface area contributed by atoms with Crippen LogP contribution in [0.15, 0.2) is 262 Å². The molecule has 0 atom stereocenters. The van der Waals surface area contributed by atoms with Gasteiger partial charge in [0.1, 0.15) is 53.1 Å². The van der Waals surface area contributed by atoms with Crippen LogP contribution in [-0.4, -0.2) is 23.9 Å². The number of pyridine rings is 1. The van der Waals surface area contributed by atoms with Gasteiger partial charge in [0.05, 0.1) is 46.2 Å². The van der Waals surface area contributed by atoms with E-state index in [1.807, 2.05) is 50.3 Å². The molecule has 0 aliphatic carbocycles. The van der Waals surface area contributed by atoms with Gasteiger partial charge in [0.15, 0.2) is 17.1 Å². The number of hydrogen-bond acceptors (Lipinski definition) is 3. The van der Waals surface area contributed by atoms with Gasteiger partial charge in [0.25, 0.3) is 30.5 Å². The van der Waals surface area contributed by atoms with Crippen LogP contribution in [0.1, 0.15) is 125 Å². The van der Waals surface area contributed by atoms with Crippen molar-refractivity contribution in [3.63, 3.8) is 0 Å². The zero-order valence-electron chi connectivity index (χ0n) is 71.8.